The molecule has 1 aromatic rings. The second-order valence-corrected chi connectivity index (χ2v) is 3.17. The van der Waals surface area contributed by atoms with Crippen molar-refractivity contribution in [3.8, 4) is 6.07 Å². The minimum atomic E-state index is -0.297. The first-order chi connectivity index (χ1) is 5.77. The van der Waals surface area contributed by atoms with Gasteiger partial charge in [0.15, 0.2) is 0 Å². The maximum atomic E-state index is 12.9. The molecular formula is C9H8FNS. The lowest BCUT2D eigenvalue weighted by Crippen LogP contribution is -1.88. The molecule has 0 aliphatic rings. The van der Waals surface area contributed by atoms with Crippen LogP contribution in [0, 0.1) is 17.1 Å². The van der Waals surface area contributed by atoms with Crippen LogP contribution in [0.3, 0.4) is 0 Å². The van der Waals surface area contributed by atoms with Crippen LogP contribution in [0.5, 0.6) is 0 Å². The minimum Gasteiger partial charge on any atom is -0.207 e. The van der Waals surface area contributed by atoms with Crippen molar-refractivity contribution in [2.75, 3.05) is 6.26 Å². The summed E-state index contributed by atoms with van der Waals surface area (Å²) < 4.78 is 12.9. The van der Waals surface area contributed by atoms with Crippen molar-refractivity contribution >= 4 is 11.8 Å². The summed E-state index contributed by atoms with van der Waals surface area (Å²) in [5.74, 6) is -0.297. The fourth-order valence-electron chi connectivity index (χ4n) is 0.899. The highest BCUT2D eigenvalue weighted by molar-refractivity contribution is 7.98. The van der Waals surface area contributed by atoms with E-state index in [4.69, 9.17) is 5.26 Å². The highest BCUT2D eigenvalue weighted by Gasteiger charge is 2.01. The average Bonchev–Trinajstić information content (AvgIpc) is 2.09. The standard InChI is InChI=1S/C9H8FNS/c1-12-8-2-3-9(10)7(6-8)4-5-11/h2-3,6H,4H2,1H3. The quantitative estimate of drug-likeness (QED) is 0.655. The monoisotopic (exact) mass is 181 g/mol. The van der Waals surface area contributed by atoms with Gasteiger partial charge in [0.25, 0.3) is 0 Å². The zero-order valence-electron chi connectivity index (χ0n) is 6.67. The van der Waals surface area contributed by atoms with Gasteiger partial charge in [0.05, 0.1) is 12.5 Å². The molecule has 0 bridgehead atoms. The number of hydrogen-bond acceptors (Lipinski definition) is 2. The van der Waals surface area contributed by atoms with Gasteiger partial charge in [-0.25, -0.2) is 4.39 Å². The number of hydrogen-bond donors (Lipinski definition) is 0. The molecular weight excluding hydrogens is 173 g/mol. The molecule has 0 aromatic heterocycles. The summed E-state index contributed by atoms with van der Waals surface area (Å²) in [6.07, 6.45) is 2.06. The number of thioether (sulfide) groups is 1. The zero-order valence-corrected chi connectivity index (χ0v) is 7.49. The Morgan fingerprint density at radius 1 is 1.58 bits per heavy atom. The molecule has 0 aliphatic carbocycles. The Morgan fingerprint density at radius 2 is 2.33 bits per heavy atom. The molecule has 3 heteroatoms. The van der Waals surface area contributed by atoms with Crippen molar-refractivity contribution in [1.82, 2.24) is 0 Å². The van der Waals surface area contributed by atoms with E-state index in [1.807, 2.05) is 12.3 Å². The van der Waals surface area contributed by atoms with Crippen molar-refractivity contribution in [1.29, 1.82) is 5.26 Å². The van der Waals surface area contributed by atoms with E-state index in [1.54, 1.807) is 23.9 Å². The van der Waals surface area contributed by atoms with E-state index < -0.39 is 0 Å². The number of nitriles is 1. The third-order valence-electron chi connectivity index (χ3n) is 1.52. The molecule has 0 fully saturated rings. The maximum Gasteiger partial charge on any atom is 0.127 e. The van der Waals surface area contributed by atoms with Crippen LogP contribution in [0.4, 0.5) is 4.39 Å². The molecule has 0 spiro atoms. The molecule has 0 amide bonds. The van der Waals surface area contributed by atoms with Crippen molar-refractivity contribution in [2.24, 2.45) is 0 Å². The smallest absolute Gasteiger partial charge is 0.127 e. The Hall–Kier alpha value is -1.01. The number of rotatable bonds is 2. The molecule has 0 saturated heterocycles. The first kappa shape index (κ1) is 9.08. The summed E-state index contributed by atoms with van der Waals surface area (Å²) in [7, 11) is 0. The van der Waals surface area contributed by atoms with Crippen LogP contribution in [-0.2, 0) is 6.42 Å². The predicted octanol–water partition coefficient (Wildman–Crippen LogP) is 2.61. The van der Waals surface area contributed by atoms with Gasteiger partial charge in [0, 0.05) is 10.5 Å². The molecule has 0 aliphatic heterocycles. The van der Waals surface area contributed by atoms with Crippen LogP contribution in [0.2, 0.25) is 0 Å². The number of nitrogens with zero attached hydrogens (tertiary/aromatic N) is 1. The summed E-state index contributed by atoms with van der Waals surface area (Å²) in [5, 5.41) is 8.38. The lowest BCUT2D eigenvalue weighted by atomic mass is 10.1. The van der Waals surface area contributed by atoms with E-state index in [-0.39, 0.29) is 12.2 Å². The lowest BCUT2D eigenvalue weighted by Gasteiger charge is -2.00. The molecule has 1 aromatic carbocycles. The van der Waals surface area contributed by atoms with E-state index in [9.17, 15) is 4.39 Å². The molecule has 1 nitrogen and oxygen atoms in total. The minimum absolute atomic E-state index is 0.139. The normalized spacial score (nSPS) is 9.42. The van der Waals surface area contributed by atoms with Gasteiger partial charge < -0.3 is 0 Å². The molecule has 1 rings (SSSR count). The van der Waals surface area contributed by atoms with Crippen LogP contribution in [0.15, 0.2) is 23.1 Å². The molecule has 0 radical (unpaired) electrons. The zero-order chi connectivity index (χ0) is 8.97. The van der Waals surface area contributed by atoms with E-state index in [2.05, 4.69) is 0 Å². The van der Waals surface area contributed by atoms with Gasteiger partial charge in [-0.2, -0.15) is 5.26 Å². The van der Waals surface area contributed by atoms with E-state index in [0.717, 1.165) is 4.90 Å². The van der Waals surface area contributed by atoms with E-state index in [0.29, 0.717) is 5.56 Å². The van der Waals surface area contributed by atoms with Gasteiger partial charge in [-0.1, -0.05) is 0 Å². The highest BCUT2D eigenvalue weighted by atomic mass is 32.2. The second kappa shape index (κ2) is 4.13. The highest BCUT2D eigenvalue weighted by Crippen LogP contribution is 2.18. The topological polar surface area (TPSA) is 23.8 Å². The van der Waals surface area contributed by atoms with Crippen LogP contribution in [-0.4, -0.2) is 6.26 Å². The number of halogens is 1. The Balaban J connectivity index is 3.01. The summed E-state index contributed by atoms with van der Waals surface area (Å²) in [6.45, 7) is 0. The van der Waals surface area contributed by atoms with E-state index >= 15 is 0 Å². The summed E-state index contributed by atoms with van der Waals surface area (Å²) >= 11 is 1.54. The van der Waals surface area contributed by atoms with Gasteiger partial charge in [0.1, 0.15) is 5.82 Å². The van der Waals surface area contributed by atoms with Crippen molar-refractivity contribution in [3.63, 3.8) is 0 Å². The third kappa shape index (κ3) is 1.99. The Morgan fingerprint density at radius 3 is 2.92 bits per heavy atom. The Kier molecular flexibility index (Phi) is 3.12. The first-order valence-electron chi connectivity index (χ1n) is 3.47. The van der Waals surface area contributed by atoms with Gasteiger partial charge in [-0.15, -0.1) is 11.8 Å². The summed E-state index contributed by atoms with van der Waals surface area (Å²) in [6, 6.07) is 6.75. The fourth-order valence-corrected chi connectivity index (χ4v) is 1.36. The maximum absolute atomic E-state index is 12.9. The van der Waals surface area contributed by atoms with Gasteiger partial charge >= 0.3 is 0 Å². The molecule has 0 N–H and O–H groups in total. The largest absolute Gasteiger partial charge is 0.207 e. The predicted molar refractivity (Wildman–Crippen MR) is 47.5 cm³/mol. The second-order valence-electron chi connectivity index (χ2n) is 2.29. The Labute approximate surface area is 75.2 Å². The fraction of sp³-hybridized carbons (Fsp3) is 0.222. The molecule has 0 unspecified atom stereocenters. The van der Waals surface area contributed by atoms with Gasteiger partial charge in [-0.3, -0.25) is 0 Å². The van der Waals surface area contributed by atoms with Crippen molar-refractivity contribution < 1.29 is 4.39 Å². The van der Waals surface area contributed by atoms with Crippen LogP contribution >= 0.6 is 11.8 Å². The summed E-state index contributed by atoms with van der Waals surface area (Å²) in [5.41, 5.74) is 0.476. The van der Waals surface area contributed by atoms with Crippen LogP contribution in [0.25, 0.3) is 0 Å². The average molecular weight is 181 g/mol. The number of benzene rings is 1. The molecule has 0 heterocycles. The van der Waals surface area contributed by atoms with Gasteiger partial charge in [0.2, 0.25) is 0 Å². The van der Waals surface area contributed by atoms with Crippen LogP contribution < -0.4 is 0 Å². The lowest BCUT2D eigenvalue weighted by molar-refractivity contribution is 0.613. The molecule has 0 saturated carbocycles. The van der Waals surface area contributed by atoms with Crippen molar-refractivity contribution in [2.45, 2.75) is 11.3 Å². The van der Waals surface area contributed by atoms with Gasteiger partial charge in [-0.05, 0) is 24.5 Å². The summed E-state index contributed by atoms with van der Waals surface area (Å²) in [4.78, 5) is 0.988. The van der Waals surface area contributed by atoms with E-state index in [1.165, 1.54) is 6.07 Å². The first-order valence-corrected chi connectivity index (χ1v) is 4.69. The molecule has 12 heavy (non-hydrogen) atoms. The molecule has 0 atom stereocenters. The molecule has 62 valence electrons. The van der Waals surface area contributed by atoms with Crippen LogP contribution in [0.1, 0.15) is 5.56 Å². The third-order valence-corrected chi connectivity index (χ3v) is 2.25. The SMILES string of the molecule is CSc1ccc(F)c(CC#N)c1. The van der Waals surface area contributed by atoms with Crippen molar-refractivity contribution in [3.05, 3.63) is 29.6 Å². The Bertz CT molecular complexity index is 317.